The van der Waals surface area contributed by atoms with Gasteiger partial charge in [0.15, 0.2) is 0 Å². The van der Waals surface area contributed by atoms with E-state index in [9.17, 15) is 0 Å². The lowest BCUT2D eigenvalue weighted by Gasteiger charge is -2.09. The highest BCUT2D eigenvalue weighted by molar-refractivity contribution is 5.80. The third-order valence-electron chi connectivity index (χ3n) is 3.48. The molecule has 2 aromatic carbocycles. The molecule has 3 heteroatoms. The molecule has 0 fully saturated rings. The van der Waals surface area contributed by atoms with Gasteiger partial charge in [-0.15, -0.1) is 0 Å². The second-order valence-electron chi connectivity index (χ2n) is 5.02. The Morgan fingerprint density at radius 1 is 1.15 bits per heavy atom. The number of nitrogens with one attached hydrogen (secondary N) is 1. The van der Waals surface area contributed by atoms with E-state index in [2.05, 4.69) is 24.4 Å². The molecule has 0 saturated heterocycles. The predicted octanol–water partition coefficient (Wildman–Crippen LogP) is 3.98. The number of benzene rings is 2. The number of hydrogen-bond donors (Lipinski definition) is 2. The number of hydrogen-bond acceptors (Lipinski definition) is 3. The van der Waals surface area contributed by atoms with Gasteiger partial charge in [0.05, 0.1) is 17.6 Å². The summed E-state index contributed by atoms with van der Waals surface area (Å²) < 4.78 is 5.54. The Balaban J connectivity index is 1.69. The van der Waals surface area contributed by atoms with Gasteiger partial charge in [-0.25, -0.2) is 0 Å². The molecule has 0 saturated carbocycles. The Hall–Kier alpha value is -2.42. The highest BCUT2D eigenvalue weighted by atomic mass is 16.3. The monoisotopic (exact) mass is 266 g/mol. The molecule has 3 rings (SSSR count). The minimum absolute atomic E-state index is 0.785. The Morgan fingerprint density at radius 3 is 2.90 bits per heavy atom. The molecule has 3 N–H and O–H groups in total. The maximum absolute atomic E-state index is 5.96. The fourth-order valence-corrected chi connectivity index (χ4v) is 2.38. The molecule has 0 unspecified atom stereocenters. The highest BCUT2D eigenvalue weighted by Crippen LogP contribution is 2.22. The molecule has 20 heavy (non-hydrogen) atoms. The molecule has 0 spiro atoms. The Bertz CT molecular complexity index is 731. The van der Waals surface area contributed by atoms with Crippen LogP contribution in [0.25, 0.3) is 11.0 Å². The lowest BCUT2D eigenvalue weighted by molar-refractivity contribution is 0.610. The van der Waals surface area contributed by atoms with Gasteiger partial charge in [0.2, 0.25) is 0 Å². The molecule has 1 aromatic heterocycles. The number of para-hydroxylation sites is 1. The molecule has 0 bridgehead atoms. The van der Waals surface area contributed by atoms with Gasteiger partial charge in [0, 0.05) is 11.9 Å². The van der Waals surface area contributed by atoms with E-state index in [0.29, 0.717) is 0 Å². The van der Waals surface area contributed by atoms with Crippen LogP contribution in [-0.2, 0) is 6.42 Å². The molecule has 0 atom stereocenters. The topological polar surface area (TPSA) is 51.2 Å². The number of nitrogens with two attached hydrogens (primary N) is 1. The summed E-state index contributed by atoms with van der Waals surface area (Å²) >= 11 is 0. The van der Waals surface area contributed by atoms with Crippen molar-refractivity contribution in [2.75, 3.05) is 17.6 Å². The van der Waals surface area contributed by atoms with Crippen LogP contribution in [0.1, 0.15) is 11.1 Å². The van der Waals surface area contributed by atoms with E-state index in [0.717, 1.165) is 29.9 Å². The Kier molecular flexibility index (Phi) is 3.33. The predicted molar refractivity (Wildman–Crippen MR) is 84.0 cm³/mol. The zero-order valence-electron chi connectivity index (χ0n) is 11.5. The number of nitrogen functional groups attached to an aromatic ring is 1. The summed E-state index contributed by atoms with van der Waals surface area (Å²) in [5.74, 6) is 0. The number of furan rings is 1. The minimum Gasteiger partial charge on any atom is -0.464 e. The van der Waals surface area contributed by atoms with Crippen LogP contribution in [0.2, 0.25) is 0 Å². The van der Waals surface area contributed by atoms with Crippen molar-refractivity contribution in [3.63, 3.8) is 0 Å². The van der Waals surface area contributed by atoms with Gasteiger partial charge in [-0.3, -0.25) is 0 Å². The van der Waals surface area contributed by atoms with E-state index in [4.69, 9.17) is 10.2 Å². The van der Waals surface area contributed by atoms with Crippen LogP contribution in [0, 0.1) is 6.92 Å². The summed E-state index contributed by atoms with van der Waals surface area (Å²) in [6.45, 7) is 2.89. The molecule has 3 aromatic rings. The average Bonchev–Trinajstić information content (AvgIpc) is 2.86. The maximum Gasteiger partial charge on any atom is 0.134 e. The first-order chi connectivity index (χ1) is 9.74. The number of anilines is 2. The van der Waals surface area contributed by atoms with Crippen molar-refractivity contribution >= 4 is 22.3 Å². The molecule has 0 aliphatic rings. The van der Waals surface area contributed by atoms with Crippen molar-refractivity contribution in [3.8, 4) is 0 Å². The molecule has 0 aliphatic heterocycles. The van der Waals surface area contributed by atoms with Crippen molar-refractivity contribution < 1.29 is 4.42 Å². The number of fused-ring (bicyclic) bond motifs is 1. The van der Waals surface area contributed by atoms with Gasteiger partial charge in [0.1, 0.15) is 5.58 Å². The largest absolute Gasteiger partial charge is 0.464 e. The standard InChI is InChI=1S/C17H18N2O/c1-12-6-7-15(18)16(10-12)19-9-8-13-11-20-17-5-3-2-4-14(13)17/h2-7,10-11,19H,8-9,18H2,1H3. The normalized spacial score (nSPS) is 10.8. The SMILES string of the molecule is Cc1ccc(N)c(NCCc2coc3ccccc23)c1. The second-order valence-corrected chi connectivity index (χ2v) is 5.02. The van der Waals surface area contributed by atoms with Crippen LogP contribution in [0.4, 0.5) is 11.4 Å². The number of aryl methyl sites for hydroxylation is 1. The quantitative estimate of drug-likeness (QED) is 0.702. The molecular weight excluding hydrogens is 248 g/mol. The second kappa shape index (κ2) is 5.29. The van der Waals surface area contributed by atoms with Crippen LogP contribution in [0.3, 0.4) is 0 Å². The maximum atomic E-state index is 5.96. The van der Waals surface area contributed by atoms with Gasteiger partial charge in [0.25, 0.3) is 0 Å². The van der Waals surface area contributed by atoms with E-state index < -0.39 is 0 Å². The molecule has 1 heterocycles. The zero-order chi connectivity index (χ0) is 13.9. The van der Waals surface area contributed by atoms with Gasteiger partial charge in [-0.2, -0.15) is 0 Å². The van der Waals surface area contributed by atoms with Crippen LogP contribution >= 0.6 is 0 Å². The Labute approximate surface area is 118 Å². The molecule has 0 radical (unpaired) electrons. The van der Waals surface area contributed by atoms with Gasteiger partial charge >= 0.3 is 0 Å². The summed E-state index contributed by atoms with van der Waals surface area (Å²) in [4.78, 5) is 0. The van der Waals surface area contributed by atoms with Crippen molar-refractivity contribution in [1.82, 2.24) is 0 Å². The molecule has 102 valence electrons. The summed E-state index contributed by atoms with van der Waals surface area (Å²) in [6, 6.07) is 14.1. The molecule has 0 amide bonds. The summed E-state index contributed by atoms with van der Waals surface area (Å²) in [7, 11) is 0. The fraction of sp³-hybridized carbons (Fsp3) is 0.176. The summed E-state index contributed by atoms with van der Waals surface area (Å²) in [5, 5.41) is 4.58. The third kappa shape index (κ3) is 2.48. The minimum atomic E-state index is 0.785. The van der Waals surface area contributed by atoms with Crippen molar-refractivity contribution in [1.29, 1.82) is 0 Å². The third-order valence-corrected chi connectivity index (χ3v) is 3.48. The number of rotatable bonds is 4. The molecular formula is C17H18N2O. The average molecular weight is 266 g/mol. The first kappa shape index (κ1) is 12.6. The molecule has 0 aliphatic carbocycles. The van der Waals surface area contributed by atoms with E-state index in [1.165, 1.54) is 16.5 Å². The van der Waals surface area contributed by atoms with E-state index in [1.54, 1.807) is 0 Å². The van der Waals surface area contributed by atoms with Crippen molar-refractivity contribution in [3.05, 3.63) is 59.9 Å². The lowest BCUT2D eigenvalue weighted by atomic mass is 10.1. The van der Waals surface area contributed by atoms with Crippen LogP contribution in [0.5, 0.6) is 0 Å². The summed E-state index contributed by atoms with van der Waals surface area (Å²) in [6.07, 6.45) is 2.75. The molecule has 3 nitrogen and oxygen atoms in total. The van der Waals surface area contributed by atoms with Crippen LogP contribution < -0.4 is 11.1 Å². The van der Waals surface area contributed by atoms with Crippen LogP contribution in [0.15, 0.2) is 53.1 Å². The first-order valence-electron chi connectivity index (χ1n) is 6.79. The zero-order valence-corrected chi connectivity index (χ0v) is 11.5. The lowest BCUT2D eigenvalue weighted by Crippen LogP contribution is -2.06. The smallest absolute Gasteiger partial charge is 0.134 e. The van der Waals surface area contributed by atoms with Crippen molar-refractivity contribution in [2.45, 2.75) is 13.3 Å². The van der Waals surface area contributed by atoms with Crippen molar-refractivity contribution in [2.24, 2.45) is 0 Å². The fourth-order valence-electron chi connectivity index (χ4n) is 2.38. The van der Waals surface area contributed by atoms with E-state index in [-0.39, 0.29) is 0 Å². The van der Waals surface area contributed by atoms with Gasteiger partial charge in [-0.05, 0) is 42.7 Å². The first-order valence-corrected chi connectivity index (χ1v) is 6.79. The van der Waals surface area contributed by atoms with Gasteiger partial charge < -0.3 is 15.5 Å². The Morgan fingerprint density at radius 2 is 2.00 bits per heavy atom. The van der Waals surface area contributed by atoms with E-state index >= 15 is 0 Å². The van der Waals surface area contributed by atoms with Crippen LogP contribution in [-0.4, -0.2) is 6.54 Å². The summed E-state index contributed by atoms with van der Waals surface area (Å²) in [5.41, 5.74) is 11.1. The highest BCUT2D eigenvalue weighted by Gasteiger charge is 2.05. The van der Waals surface area contributed by atoms with E-state index in [1.807, 2.05) is 36.6 Å². The van der Waals surface area contributed by atoms with Gasteiger partial charge in [-0.1, -0.05) is 24.3 Å².